The first-order valence-corrected chi connectivity index (χ1v) is 5.50. The summed E-state index contributed by atoms with van der Waals surface area (Å²) in [6.45, 7) is 9.02. The van der Waals surface area contributed by atoms with E-state index in [1.165, 1.54) is 6.42 Å². The van der Waals surface area contributed by atoms with Crippen LogP contribution in [0.25, 0.3) is 0 Å². The molecule has 1 N–H and O–H groups in total. The van der Waals surface area contributed by atoms with Gasteiger partial charge in [-0.1, -0.05) is 29.8 Å². The average Bonchev–Trinajstić information content (AvgIpc) is 2.52. The predicted octanol–water partition coefficient (Wildman–Crippen LogP) is 2.32. The highest BCUT2D eigenvalue weighted by molar-refractivity contribution is 9.10. The van der Waals surface area contributed by atoms with E-state index >= 15 is 0 Å². The number of halogens is 1. The lowest BCUT2D eigenvalue weighted by atomic mass is 10.1. The number of carbonyl (C=O) groups excluding carboxylic acids is 1. The predicted molar refractivity (Wildman–Crippen MR) is 57.9 cm³/mol. The first-order valence-electron chi connectivity index (χ1n) is 4.71. The third-order valence-corrected chi connectivity index (χ3v) is 3.13. The van der Waals surface area contributed by atoms with Crippen molar-refractivity contribution < 1.29 is 4.79 Å². The van der Waals surface area contributed by atoms with E-state index < -0.39 is 4.32 Å². The number of amides is 1. The van der Waals surface area contributed by atoms with E-state index in [2.05, 4.69) is 35.1 Å². The first kappa shape index (κ1) is 11.0. The van der Waals surface area contributed by atoms with Crippen molar-refractivity contribution in [2.75, 3.05) is 6.54 Å². The van der Waals surface area contributed by atoms with Gasteiger partial charge < -0.3 is 5.32 Å². The fraction of sp³-hybridized carbons (Fsp3) is 0.900. The topological polar surface area (TPSA) is 29.1 Å². The Morgan fingerprint density at radius 3 is 2.38 bits per heavy atom. The number of alkyl halides is 1. The van der Waals surface area contributed by atoms with Gasteiger partial charge >= 0.3 is 0 Å². The standard InChI is InChI=1S/C10H18BrNO/c1-9(2)5-7(9)6-12-8(13)10(3,4)11/h7H,5-6H2,1-4H3,(H,12,13). The lowest BCUT2D eigenvalue weighted by Gasteiger charge is -2.16. The summed E-state index contributed by atoms with van der Waals surface area (Å²) in [5.74, 6) is 0.751. The second-order valence-corrected chi connectivity index (χ2v) is 7.05. The van der Waals surface area contributed by atoms with Gasteiger partial charge in [0.1, 0.15) is 0 Å². The van der Waals surface area contributed by atoms with Gasteiger partial charge in [0.05, 0.1) is 4.32 Å². The van der Waals surface area contributed by atoms with E-state index in [1.54, 1.807) is 0 Å². The van der Waals surface area contributed by atoms with Gasteiger partial charge in [0.15, 0.2) is 0 Å². The molecule has 1 atom stereocenters. The Kier molecular flexibility index (Phi) is 2.77. The Hall–Kier alpha value is -0.0500. The molecule has 1 aliphatic carbocycles. The van der Waals surface area contributed by atoms with Crippen LogP contribution in [-0.4, -0.2) is 16.8 Å². The summed E-state index contributed by atoms with van der Waals surface area (Å²) < 4.78 is -0.438. The molecule has 0 aromatic heterocycles. The highest BCUT2D eigenvalue weighted by atomic mass is 79.9. The van der Waals surface area contributed by atoms with Crippen molar-refractivity contribution in [3.63, 3.8) is 0 Å². The molecule has 1 amide bonds. The molecule has 1 unspecified atom stereocenters. The normalized spacial score (nSPS) is 25.5. The number of nitrogens with one attached hydrogen (secondary N) is 1. The van der Waals surface area contributed by atoms with Gasteiger partial charge in [0, 0.05) is 6.54 Å². The minimum Gasteiger partial charge on any atom is -0.355 e. The third-order valence-electron chi connectivity index (χ3n) is 2.77. The molecule has 1 rings (SSSR count). The monoisotopic (exact) mass is 247 g/mol. The van der Waals surface area contributed by atoms with E-state index in [9.17, 15) is 4.79 Å². The summed E-state index contributed by atoms with van der Waals surface area (Å²) in [4.78, 5) is 11.4. The van der Waals surface area contributed by atoms with Crippen molar-refractivity contribution in [2.45, 2.75) is 38.4 Å². The molecule has 3 heteroatoms. The average molecular weight is 248 g/mol. The maximum Gasteiger partial charge on any atom is 0.236 e. The fourth-order valence-electron chi connectivity index (χ4n) is 1.35. The van der Waals surface area contributed by atoms with Crippen molar-refractivity contribution in [2.24, 2.45) is 11.3 Å². The van der Waals surface area contributed by atoms with Gasteiger partial charge in [0.2, 0.25) is 5.91 Å². The van der Waals surface area contributed by atoms with E-state index in [0.29, 0.717) is 11.3 Å². The second kappa shape index (κ2) is 3.26. The fourth-order valence-corrected chi connectivity index (χ4v) is 1.49. The Morgan fingerprint density at radius 1 is 1.62 bits per heavy atom. The lowest BCUT2D eigenvalue weighted by Crippen LogP contribution is -2.38. The molecular formula is C10H18BrNO. The molecular weight excluding hydrogens is 230 g/mol. The molecule has 0 aliphatic heterocycles. The number of rotatable bonds is 3. The van der Waals surface area contributed by atoms with Crippen molar-refractivity contribution in [3.05, 3.63) is 0 Å². The summed E-state index contributed by atoms with van der Waals surface area (Å²) in [6, 6.07) is 0. The molecule has 0 radical (unpaired) electrons. The SMILES string of the molecule is CC(C)(Br)C(=O)NCC1CC1(C)C. The molecule has 2 nitrogen and oxygen atoms in total. The van der Waals surface area contributed by atoms with Crippen LogP contribution in [0, 0.1) is 11.3 Å². The number of hydrogen-bond acceptors (Lipinski definition) is 1. The summed E-state index contributed by atoms with van der Waals surface area (Å²) in [7, 11) is 0. The first-order chi connectivity index (χ1) is 5.73. The smallest absolute Gasteiger partial charge is 0.236 e. The summed E-state index contributed by atoms with van der Waals surface area (Å²) in [6.07, 6.45) is 1.23. The Morgan fingerprint density at radius 2 is 2.08 bits per heavy atom. The zero-order valence-electron chi connectivity index (χ0n) is 8.78. The lowest BCUT2D eigenvalue weighted by molar-refractivity contribution is -0.122. The van der Waals surface area contributed by atoms with Crippen molar-refractivity contribution in [1.29, 1.82) is 0 Å². The van der Waals surface area contributed by atoms with Crippen molar-refractivity contribution >= 4 is 21.8 Å². The third kappa shape index (κ3) is 2.97. The van der Waals surface area contributed by atoms with Crippen LogP contribution in [0.3, 0.4) is 0 Å². The van der Waals surface area contributed by atoms with Crippen molar-refractivity contribution in [3.8, 4) is 0 Å². The molecule has 0 spiro atoms. The minimum atomic E-state index is -0.438. The molecule has 1 saturated carbocycles. The molecule has 1 fully saturated rings. The summed E-state index contributed by atoms with van der Waals surface area (Å²) >= 11 is 3.33. The van der Waals surface area contributed by atoms with Crippen molar-refractivity contribution in [1.82, 2.24) is 5.32 Å². The Labute approximate surface area is 88.6 Å². The van der Waals surface area contributed by atoms with E-state index in [4.69, 9.17) is 0 Å². The summed E-state index contributed by atoms with van der Waals surface area (Å²) in [5, 5.41) is 2.95. The Bertz CT molecular complexity index is 217. The van der Waals surface area contributed by atoms with Crippen LogP contribution >= 0.6 is 15.9 Å². The zero-order valence-corrected chi connectivity index (χ0v) is 10.4. The summed E-state index contributed by atoms with van der Waals surface area (Å²) in [5.41, 5.74) is 0.448. The van der Waals surface area contributed by atoms with Crippen LogP contribution in [0.5, 0.6) is 0 Å². The van der Waals surface area contributed by atoms with Crippen LogP contribution < -0.4 is 5.32 Å². The number of hydrogen-bond donors (Lipinski definition) is 1. The largest absolute Gasteiger partial charge is 0.355 e. The van der Waals surface area contributed by atoms with Gasteiger partial charge in [0.25, 0.3) is 0 Å². The van der Waals surface area contributed by atoms with E-state index in [1.807, 2.05) is 13.8 Å². The van der Waals surface area contributed by atoms with Gasteiger partial charge in [-0.25, -0.2) is 0 Å². The van der Waals surface area contributed by atoms with Crippen LogP contribution in [0.4, 0.5) is 0 Å². The number of carbonyl (C=O) groups is 1. The molecule has 13 heavy (non-hydrogen) atoms. The van der Waals surface area contributed by atoms with Gasteiger partial charge in [-0.2, -0.15) is 0 Å². The molecule has 1 aliphatic rings. The molecule has 76 valence electrons. The maximum absolute atomic E-state index is 11.4. The molecule has 0 aromatic rings. The van der Waals surface area contributed by atoms with Crippen LogP contribution in [0.1, 0.15) is 34.1 Å². The maximum atomic E-state index is 11.4. The highest BCUT2D eigenvalue weighted by Crippen LogP contribution is 2.51. The molecule has 0 aromatic carbocycles. The molecule has 0 bridgehead atoms. The molecule has 0 saturated heterocycles. The van der Waals surface area contributed by atoms with E-state index in [0.717, 1.165) is 6.54 Å². The minimum absolute atomic E-state index is 0.0789. The van der Waals surface area contributed by atoms with Gasteiger partial charge in [-0.15, -0.1) is 0 Å². The van der Waals surface area contributed by atoms with Crippen LogP contribution in [-0.2, 0) is 4.79 Å². The second-order valence-electron chi connectivity index (χ2n) is 5.07. The Balaban J connectivity index is 2.25. The highest BCUT2D eigenvalue weighted by Gasteiger charge is 2.45. The van der Waals surface area contributed by atoms with Crippen LogP contribution in [0.2, 0.25) is 0 Å². The zero-order chi connectivity index (χ0) is 10.3. The van der Waals surface area contributed by atoms with Gasteiger partial charge in [-0.05, 0) is 31.6 Å². The molecule has 0 heterocycles. The van der Waals surface area contributed by atoms with Gasteiger partial charge in [-0.3, -0.25) is 4.79 Å². The van der Waals surface area contributed by atoms with Crippen LogP contribution in [0.15, 0.2) is 0 Å². The van der Waals surface area contributed by atoms with E-state index in [-0.39, 0.29) is 5.91 Å². The quantitative estimate of drug-likeness (QED) is 0.763.